The van der Waals surface area contributed by atoms with Crippen molar-refractivity contribution in [2.24, 2.45) is 23.0 Å². The third-order valence-electron chi connectivity index (χ3n) is 5.13. The maximum atomic E-state index is 6.88. The Morgan fingerprint density at radius 1 is 1.11 bits per heavy atom. The topological polar surface area (TPSA) is 35.2 Å². The molecule has 1 heterocycles. The molecule has 0 aromatic rings. The second-order valence-electron chi connectivity index (χ2n) is 7.66. The zero-order valence-electron chi connectivity index (χ0n) is 12.5. The summed E-state index contributed by atoms with van der Waals surface area (Å²) in [5, 5.41) is 0. The minimum atomic E-state index is 0.0819. The molecule has 2 rings (SSSR count). The third-order valence-corrected chi connectivity index (χ3v) is 5.13. The Labute approximate surface area is 113 Å². The lowest BCUT2D eigenvalue weighted by Gasteiger charge is -2.49. The first-order chi connectivity index (χ1) is 8.42. The van der Waals surface area contributed by atoms with Crippen LogP contribution in [-0.2, 0) is 4.74 Å². The molecule has 0 aromatic carbocycles. The molecule has 2 heteroatoms. The molecule has 0 radical (unpaired) electrons. The molecule has 18 heavy (non-hydrogen) atoms. The molecular weight excluding hydrogens is 222 g/mol. The fraction of sp³-hybridized carbons (Fsp3) is 1.00. The molecule has 2 aliphatic rings. The first-order valence-corrected chi connectivity index (χ1v) is 7.78. The van der Waals surface area contributed by atoms with E-state index in [2.05, 4.69) is 20.8 Å². The average Bonchev–Trinajstić information content (AvgIpc) is 2.28. The van der Waals surface area contributed by atoms with Gasteiger partial charge in [-0.05, 0) is 49.4 Å². The van der Waals surface area contributed by atoms with Crippen molar-refractivity contribution in [3.05, 3.63) is 0 Å². The van der Waals surface area contributed by atoms with E-state index in [9.17, 15) is 0 Å². The highest BCUT2D eigenvalue weighted by atomic mass is 16.5. The standard InChI is InChI=1S/C16H31NO/c1-15(2,3)14-6-4-5-9-16(14,17)12-13-7-10-18-11-8-13/h13-14H,4-12,17H2,1-3H3. The van der Waals surface area contributed by atoms with E-state index in [-0.39, 0.29) is 5.54 Å². The average molecular weight is 253 g/mol. The summed E-state index contributed by atoms with van der Waals surface area (Å²) in [6.45, 7) is 9.00. The van der Waals surface area contributed by atoms with E-state index in [4.69, 9.17) is 10.5 Å². The van der Waals surface area contributed by atoms with E-state index in [0.29, 0.717) is 11.3 Å². The summed E-state index contributed by atoms with van der Waals surface area (Å²) in [6.07, 6.45) is 8.90. The summed E-state index contributed by atoms with van der Waals surface area (Å²) in [5.74, 6) is 1.48. The number of ether oxygens (including phenoxy) is 1. The van der Waals surface area contributed by atoms with Crippen LogP contribution in [0.1, 0.15) is 65.7 Å². The summed E-state index contributed by atoms with van der Waals surface area (Å²) in [7, 11) is 0. The van der Waals surface area contributed by atoms with Gasteiger partial charge in [0.2, 0.25) is 0 Å². The van der Waals surface area contributed by atoms with Crippen LogP contribution in [0.3, 0.4) is 0 Å². The van der Waals surface area contributed by atoms with Gasteiger partial charge in [-0.25, -0.2) is 0 Å². The van der Waals surface area contributed by atoms with Gasteiger partial charge in [-0.2, -0.15) is 0 Å². The van der Waals surface area contributed by atoms with E-state index < -0.39 is 0 Å². The van der Waals surface area contributed by atoms with E-state index in [1.54, 1.807) is 0 Å². The van der Waals surface area contributed by atoms with Crippen LogP contribution in [0.2, 0.25) is 0 Å². The van der Waals surface area contributed by atoms with Crippen molar-refractivity contribution in [3.63, 3.8) is 0 Å². The SMILES string of the molecule is CC(C)(C)C1CCCCC1(N)CC1CCOCC1. The number of rotatable bonds is 2. The van der Waals surface area contributed by atoms with Crippen LogP contribution in [0.15, 0.2) is 0 Å². The lowest BCUT2D eigenvalue weighted by atomic mass is 9.60. The number of hydrogen-bond donors (Lipinski definition) is 1. The lowest BCUT2D eigenvalue weighted by Crippen LogP contribution is -2.55. The number of hydrogen-bond acceptors (Lipinski definition) is 2. The summed E-state index contributed by atoms with van der Waals surface area (Å²) < 4.78 is 5.48. The summed E-state index contributed by atoms with van der Waals surface area (Å²) >= 11 is 0. The van der Waals surface area contributed by atoms with E-state index >= 15 is 0 Å². The van der Waals surface area contributed by atoms with Gasteiger partial charge in [0.1, 0.15) is 0 Å². The van der Waals surface area contributed by atoms with Gasteiger partial charge in [0.25, 0.3) is 0 Å². The smallest absolute Gasteiger partial charge is 0.0468 e. The van der Waals surface area contributed by atoms with Crippen molar-refractivity contribution in [2.75, 3.05) is 13.2 Å². The van der Waals surface area contributed by atoms with Crippen molar-refractivity contribution in [1.29, 1.82) is 0 Å². The highest BCUT2D eigenvalue weighted by Crippen LogP contribution is 2.46. The van der Waals surface area contributed by atoms with Crippen molar-refractivity contribution in [1.82, 2.24) is 0 Å². The van der Waals surface area contributed by atoms with Gasteiger partial charge in [-0.1, -0.05) is 33.6 Å². The highest BCUT2D eigenvalue weighted by Gasteiger charge is 2.44. The molecule has 2 N–H and O–H groups in total. The van der Waals surface area contributed by atoms with Crippen LogP contribution in [0.25, 0.3) is 0 Å². The Kier molecular flexibility index (Phi) is 4.38. The first-order valence-electron chi connectivity index (χ1n) is 7.78. The Hall–Kier alpha value is -0.0800. The normalized spacial score (nSPS) is 35.7. The largest absolute Gasteiger partial charge is 0.381 e. The second kappa shape index (κ2) is 5.50. The van der Waals surface area contributed by atoms with Crippen molar-refractivity contribution < 1.29 is 4.74 Å². The van der Waals surface area contributed by atoms with Crippen LogP contribution < -0.4 is 5.73 Å². The Morgan fingerprint density at radius 2 is 1.78 bits per heavy atom. The summed E-state index contributed by atoms with van der Waals surface area (Å²) in [4.78, 5) is 0. The third kappa shape index (κ3) is 3.27. The lowest BCUT2D eigenvalue weighted by molar-refractivity contribution is 0.0222. The minimum Gasteiger partial charge on any atom is -0.381 e. The zero-order chi connectivity index (χ0) is 13.2. The molecule has 1 aliphatic heterocycles. The van der Waals surface area contributed by atoms with Crippen LogP contribution >= 0.6 is 0 Å². The quantitative estimate of drug-likeness (QED) is 0.813. The summed E-state index contributed by atoms with van der Waals surface area (Å²) in [6, 6.07) is 0. The molecule has 2 unspecified atom stereocenters. The van der Waals surface area contributed by atoms with Gasteiger partial charge in [0.05, 0.1) is 0 Å². The van der Waals surface area contributed by atoms with Crippen LogP contribution in [0, 0.1) is 17.3 Å². The molecule has 0 amide bonds. The summed E-state index contributed by atoms with van der Waals surface area (Å²) in [5.41, 5.74) is 7.31. The Balaban J connectivity index is 2.04. The van der Waals surface area contributed by atoms with Gasteiger partial charge in [-0.15, -0.1) is 0 Å². The van der Waals surface area contributed by atoms with E-state index in [1.165, 1.54) is 44.9 Å². The zero-order valence-corrected chi connectivity index (χ0v) is 12.5. The molecular formula is C16H31NO. The molecule has 1 aliphatic carbocycles. The molecule has 0 spiro atoms. The first kappa shape index (κ1) is 14.3. The van der Waals surface area contributed by atoms with Crippen molar-refractivity contribution in [2.45, 2.75) is 71.3 Å². The molecule has 0 aromatic heterocycles. The molecule has 1 saturated carbocycles. The fourth-order valence-electron chi connectivity index (χ4n) is 4.29. The second-order valence-corrected chi connectivity index (χ2v) is 7.66. The minimum absolute atomic E-state index is 0.0819. The monoisotopic (exact) mass is 253 g/mol. The predicted octanol–water partition coefficient (Wildman–Crippen LogP) is 3.74. The Bertz CT molecular complexity index is 265. The van der Waals surface area contributed by atoms with Gasteiger partial charge >= 0.3 is 0 Å². The molecule has 2 fully saturated rings. The number of nitrogens with two attached hydrogens (primary N) is 1. The van der Waals surface area contributed by atoms with Gasteiger partial charge in [0.15, 0.2) is 0 Å². The van der Waals surface area contributed by atoms with Crippen LogP contribution in [-0.4, -0.2) is 18.8 Å². The molecule has 106 valence electrons. The van der Waals surface area contributed by atoms with Crippen molar-refractivity contribution in [3.8, 4) is 0 Å². The van der Waals surface area contributed by atoms with E-state index in [1.807, 2.05) is 0 Å². The van der Waals surface area contributed by atoms with Crippen molar-refractivity contribution >= 4 is 0 Å². The van der Waals surface area contributed by atoms with Gasteiger partial charge in [-0.3, -0.25) is 0 Å². The Morgan fingerprint density at radius 3 is 2.39 bits per heavy atom. The molecule has 0 bridgehead atoms. The predicted molar refractivity (Wildman–Crippen MR) is 76.5 cm³/mol. The highest BCUT2D eigenvalue weighted by molar-refractivity contribution is 5.00. The van der Waals surface area contributed by atoms with Gasteiger partial charge in [0, 0.05) is 18.8 Å². The maximum absolute atomic E-state index is 6.88. The molecule has 2 nitrogen and oxygen atoms in total. The molecule has 1 saturated heterocycles. The maximum Gasteiger partial charge on any atom is 0.0468 e. The van der Waals surface area contributed by atoms with Gasteiger partial charge < -0.3 is 10.5 Å². The van der Waals surface area contributed by atoms with Crippen LogP contribution in [0.5, 0.6) is 0 Å². The fourth-order valence-corrected chi connectivity index (χ4v) is 4.29. The van der Waals surface area contributed by atoms with E-state index in [0.717, 1.165) is 19.1 Å². The van der Waals surface area contributed by atoms with Crippen LogP contribution in [0.4, 0.5) is 0 Å². The molecule has 2 atom stereocenters.